The fraction of sp³-hybridized carbons (Fsp3) is 0.462. The Morgan fingerprint density at radius 3 is 2.78 bits per heavy atom. The zero-order chi connectivity index (χ0) is 13.5. The Balaban J connectivity index is 2.52. The van der Waals surface area contributed by atoms with Crippen molar-refractivity contribution < 1.29 is 4.79 Å². The van der Waals surface area contributed by atoms with Crippen LogP contribution in [0, 0.1) is 5.92 Å². The normalized spacial score (nSPS) is 11.9. The summed E-state index contributed by atoms with van der Waals surface area (Å²) in [6.07, 6.45) is 3.12. The van der Waals surface area contributed by atoms with Crippen LogP contribution in [0.2, 0.25) is 0 Å². The Hall–Kier alpha value is -1.49. The quantitative estimate of drug-likeness (QED) is 0.790. The standard InChI is InChI=1S/C13H19N3OS/c1-3-11(12(14)18)13(17)16(2)9-7-10-6-4-5-8-15-10/h4-6,8,11H,3,7,9H2,1-2H3,(H2,14,18). The number of thiocarbonyl (C=S) groups is 1. The van der Waals surface area contributed by atoms with Gasteiger partial charge in [0.15, 0.2) is 0 Å². The molecule has 0 radical (unpaired) electrons. The van der Waals surface area contributed by atoms with Crippen molar-refractivity contribution in [3.63, 3.8) is 0 Å². The smallest absolute Gasteiger partial charge is 0.232 e. The van der Waals surface area contributed by atoms with Crippen molar-refractivity contribution in [2.45, 2.75) is 19.8 Å². The average molecular weight is 265 g/mol. The number of carbonyl (C=O) groups excluding carboxylic acids is 1. The zero-order valence-electron chi connectivity index (χ0n) is 10.8. The topological polar surface area (TPSA) is 59.2 Å². The minimum atomic E-state index is -0.353. The van der Waals surface area contributed by atoms with E-state index in [1.165, 1.54) is 0 Å². The second-order valence-corrected chi connectivity index (χ2v) is 4.67. The van der Waals surface area contributed by atoms with Gasteiger partial charge in [-0.05, 0) is 18.6 Å². The van der Waals surface area contributed by atoms with E-state index in [9.17, 15) is 4.79 Å². The van der Waals surface area contributed by atoms with E-state index >= 15 is 0 Å². The lowest BCUT2D eigenvalue weighted by Gasteiger charge is -2.22. The van der Waals surface area contributed by atoms with Crippen LogP contribution in [-0.2, 0) is 11.2 Å². The van der Waals surface area contributed by atoms with Gasteiger partial charge in [-0.25, -0.2) is 0 Å². The molecule has 2 N–H and O–H groups in total. The first-order valence-electron chi connectivity index (χ1n) is 6.00. The van der Waals surface area contributed by atoms with Crippen molar-refractivity contribution in [2.24, 2.45) is 11.7 Å². The molecule has 0 saturated heterocycles. The average Bonchev–Trinajstić information content (AvgIpc) is 2.37. The lowest BCUT2D eigenvalue weighted by atomic mass is 10.1. The van der Waals surface area contributed by atoms with E-state index in [2.05, 4.69) is 4.98 Å². The molecule has 0 spiro atoms. The maximum Gasteiger partial charge on any atom is 0.232 e. The van der Waals surface area contributed by atoms with Crippen molar-refractivity contribution in [2.75, 3.05) is 13.6 Å². The maximum absolute atomic E-state index is 12.1. The highest BCUT2D eigenvalue weighted by Gasteiger charge is 2.22. The highest BCUT2D eigenvalue weighted by atomic mass is 32.1. The second kappa shape index (κ2) is 7.06. The van der Waals surface area contributed by atoms with Crippen LogP contribution in [0.4, 0.5) is 0 Å². The van der Waals surface area contributed by atoms with Crippen LogP contribution in [-0.4, -0.2) is 34.4 Å². The van der Waals surface area contributed by atoms with Crippen molar-refractivity contribution >= 4 is 23.1 Å². The number of hydrogen-bond donors (Lipinski definition) is 1. The molecule has 5 heteroatoms. The monoisotopic (exact) mass is 265 g/mol. The van der Waals surface area contributed by atoms with Crippen LogP contribution < -0.4 is 5.73 Å². The first-order chi connectivity index (χ1) is 8.56. The molecule has 0 saturated carbocycles. The molecule has 4 nitrogen and oxygen atoms in total. The lowest BCUT2D eigenvalue weighted by molar-refractivity contribution is -0.132. The van der Waals surface area contributed by atoms with Crippen molar-refractivity contribution in [3.8, 4) is 0 Å². The summed E-state index contributed by atoms with van der Waals surface area (Å²) in [4.78, 5) is 18.2. The van der Waals surface area contributed by atoms with E-state index in [4.69, 9.17) is 18.0 Å². The first-order valence-corrected chi connectivity index (χ1v) is 6.41. The Bertz CT molecular complexity index is 408. The van der Waals surface area contributed by atoms with Gasteiger partial charge in [0.05, 0.1) is 10.9 Å². The van der Waals surface area contributed by atoms with Crippen LogP contribution in [0.5, 0.6) is 0 Å². The molecule has 0 fully saturated rings. The third-order valence-electron chi connectivity index (χ3n) is 2.86. The van der Waals surface area contributed by atoms with Crippen LogP contribution in [0.15, 0.2) is 24.4 Å². The molecule has 1 unspecified atom stereocenters. The third kappa shape index (κ3) is 4.07. The molecule has 0 aliphatic heterocycles. The van der Waals surface area contributed by atoms with Gasteiger partial charge in [-0.2, -0.15) is 0 Å². The van der Waals surface area contributed by atoms with E-state index < -0.39 is 0 Å². The van der Waals surface area contributed by atoms with E-state index in [0.717, 1.165) is 12.1 Å². The summed E-state index contributed by atoms with van der Waals surface area (Å²) in [6, 6.07) is 5.76. The molecule has 1 atom stereocenters. The Morgan fingerprint density at radius 1 is 1.56 bits per heavy atom. The minimum Gasteiger partial charge on any atom is -0.393 e. The number of amides is 1. The first kappa shape index (κ1) is 14.6. The molecule has 0 bridgehead atoms. The summed E-state index contributed by atoms with van der Waals surface area (Å²) in [5.74, 6) is -0.366. The van der Waals surface area contributed by atoms with Gasteiger partial charge < -0.3 is 10.6 Å². The van der Waals surface area contributed by atoms with E-state index in [1.807, 2.05) is 25.1 Å². The lowest BCUT2D eigenvalue weighted by Crippen LogP contribution is -2.39. The summed E-state index contributed by atoms with van der Waals surface area (Å²) < 4.78 is 0. The van der Waals surface area contributed by atoms with Gasteiger partial charge in [0.25, 0.3) is 0 Å². The molecule has 1 heterocycles. The van der Waals surface area contributed by atoms with Crippen LogP contribution in [0.3, 0.4) is 0 Å². The summed E-state index contributed by atoms with van der Waals surface area (Å²) in [6.45, 7) is 2.53. The van der Waals surface area contributed by atoms with Gasteiger partial charge >= 0.3 is 0 Å². The molecule has 98 valence electrons. The van der Waals surface area contributed by atoms with E-state index in [0.29, 0.717) is 13.0 Å². The Morgan fingerprint density at radius 2 is 2.28 bits per heavy atom. The van der Waals surface area contributed by atoms with Crippen molar-refractivity contribution in [1.29, 1.82) is 0 Å². The molecule has 18 heavy (non-hydrogen) atoms. The molecule has 1 rings (SSSR count). The van der Waals surface area contributed by atoms with Crippen LogP contribution in [0.25, 0.3) is 0 Å². The zero-order valence-corrected chi connectivity index (χ0v) is 11.6. The molecule has 0 aliphatic carbocycles. The van der Waals surface area contributed by atoms with Gasteiger partial charge in [-0.1, -0.05) is 25.2 Å². The summed E-state index contributed by atoms with van der Waals surface area (Å²) >= 11 is 4.91. The number of carbonyl (C=O) groups is 1. The number of rotatable bonds is 6. The number of hydrogen-bond acceptors (Lipinski definition) is 3. The molecule has 0 aliphatic rings. The highest BCUT2D eigenvalue weighted by Crippen LogP contribution is 2.08. The third-order valence-corrected chi connectivity index (χ3v) is 3.14. The summed E-state index contributed by atoms with van der Waals surface area (Å²) in [7, 11) is 1.77. The Labute approximate surface area is 113 Å². The number of nitrogens with two attached hydrogens (primary N) is 1. The van der Waals surface area contributed by atoms with Gasteiger partial charge in [0.1, 0.15) is 0 Å². The predicted molar refractivity (Wildman–Crippen MR) is 76.1 cm³/mol. The summed E-state index contributed by atoms with van der Waals surface area (Å²) in [5, 5.41) is 0. The number of likely N-dealkylation sites (N-methyl/N-ethyl adjacent to an activating group) is 1. The SMILES string of the molecule is CCC(C(=O)N(C)CCc1ccccn1)C(N)=S. The Kier molecular flexibility index (Phi) is 5.71. The van der Waals surface area contributed by atoms with Crippen molar-refractivity contribution in [3.05, 3.63) is 30.1 Å². The van der Waals surface area contributed by atoms with Gasteiger partial charge in [-0.3, -0.25) is 9.78 Å². The summed E-state index contributed by atoms with van der Waals surface area (Å²) in [5.41, 5.74) is 6.54. The number of pyridine rings is 1. The van der Waals surface area contributed by atoms with Crippen molar-refractivity contribution in [1.82, 2.24) is 9.88 Å². The number of nitrogens with zero attached hydrogens (tertiary/aromatic N) is 2. The van der Waals surface area contributed by atoms with E-state index in [-0.39, 0.29) is 16.8 Å². The fourth-order valence-electron chi connectivity index (χ4n) is 1.70. The molecular weight excluding hydrogens is 246 g/mol. The molecule has 1 aromatic rings. The van der Waals surface area contributed by atoms with Gasteiger partial charge in [0.2, 0.25) is 5.91 Å². The second-order valence-electron chi connectivity index (χ2n) is 4.19. The molecular formula is C13H19N3OS. The molecule has 0 aromatic carbocycles. The number of aromatic nitrogens is 1. The fourth-order valence-corrected chi connectivity index (χ4v) is 1.97. The highest BCUT2D eigenvalue weighted by molar-refractivity contribution is 7.80. The van der Waals surface area contributed by atoms with Gasteiger partial charge in [-0.15, -0.1) is 0 Å². The van der Waals surface area contributed by atoms with E-state index in [1.54, 1.807) is 18.1 Å². The van der Waals surface area contributed by atoms with Gasteiger partial charge in [0, 0.05) is 31.9 Å². The molecule has 1 aromatic heterocycles. The van der Waals surface area contributed by atoms with Crippen LogP contribution >= 0.6 is 12.2 Å². The maximum atomic E-state index is 12.1. The predicted octanol–water partition coefficient (Wildman–Crippen LogP) is 1.39. The minimum absolute atomic E-state index is 0.0130. The molecule has 1 amide bonds. The van der Waals surface area contributed by atoms with Crippen LogP contribution in [0.1, 0.15) is 19.0 Å². The largest absolute Gasteiger partial charge is 0.393 e.